The molecule has 0 spiro atoms. The molecular weight excluding hydrogens is 254 g/mol. The van der Waals surface area contributed by atoms with E-state index in [-0.39, 0.29) is 18.8 Å². The summed E-state index contributed by atoms with van der Waals surface area (Å²) in [7, 11) is 1.50. The summed E-state index contributed by atoms with van der Waals surface area (Å²) in [6.07, 6.45) is 1.89. The van der Waals surface area contributed by atoms with E-state index in [1.165, 1.54) is 7.11 Å². The molecule has 20 heavy (non-hydrogen) atoms. The monoisotopic (exact) mass is 271 g/mol. The number of nitrogens with zero attached hydrogens (tertiary/aromatic N) is 1. The maximum Gasteiger partial charge on any atom is 0.164 e. The highest BCUT2D eigenvalue weighted by Crippen LogP contribution is 2.22. The van der Waals surface area contributed by atoms with Gasteiger partial charge in [-0.15, -0.1) is 0 Å². The number of Topliss-reactive ketones (excluding diaryl/α,β-unsaturated/α-hetero) is 1. The Kier molecular flexibility index (Phi) is 4.85. The van der Waals surface area contributed by atoms with E-state index in [2.05, 4.69) is 4.98 Å². The minimum atomic E-state index is -0.00675. The smallest absolute Gasteiger partial charge is 0.164 e. The third-order valence-electron chi connectivity index (χ3n) is 2.70. The van der Waals surface area contributed by atoms with Gasteiger partial charge in [0.25, 0.3) is 0 Å². The fraction of sp³-hybridized carbons (Fsp3) is 0.250. The number of pyridine rings is 1. The second kappa shape index (κ2) is 6.82. The number of aryl methyl sites for hydroxylation is 1. The van der Waals surface area contributed by atoms with Gasteiger partial charge in [-0.1, -0.05) is 12.1 Å². The number of rotatable bonds is 6. The number of methoxy groups -OCH3 is 1. The highest BCUT2D eigenvalue weighted by molar-refractivity contribution is 5.81. The van der Waals surface area contributed by atoms with Crippen molar-refractivity contribution in [1.29, 1.82) is 0 Å². The first-order valence-corrected chi connectivity index (χ1v) is 6.37. The largest absolute Gasteiger partial charge is 0.457 e. The topological polar surface area (TPSA) is 48.4 Å². The number of ketones is 1. The average molecular weight is 271 g/mol. The molecule has 0 radical (unpaired) electrons. The van der Waals surface area contributed by atoms with E-state index < -0.39 is 0 Å². The standard InChI is InChI=1S/C16H17NO3/c1-12-4-3-5-15(8-12)20-16-6-7-17-13(10-16)9-14(18)11-19-2/h3-8,10H,9,11H2,1-2H3. The molecule has 4 nitrogen and oxygen atoms in total. The molecule has 0 amide bonds. The van der Waals surface area contributed by atoms with Crippen LogP contribution in [0.3, 0.4) is 0 Å². The van der Waals surface area contributed by atoms with E-state index in [4.69, 9.17) is 9.47 Å². The van der Waals surface area contributed by atoms with E-state index in [9.17, 15) is 4.79 Å². The summed E-state index contributed by atoms with van der Waals surface area (Å²) < 4.78 is 10.6. The van der Waals surface area contributed by atoms with Gasteiger partial charge in [0.2, 0.25) is 0 Å². The lowest BCUT2D eigenvalue weighted by Gasteiger charge is -2.07. The SMILES string of the molecule is COCC(=O)Cc1cc(Oc2cccc(C)c2)ccn1. The minimum absolute atomic E-state index is 0.00675. The maximum absolute atomic E-state index is 11.5. The molecular formula is C16H17NO3. The van der Waals surface area contributed by atoms with Gasteiger partial charge in [-0.05, 0) is 30.7 Å². The number of benzene rings is 1. The Morgan fingerprint density at radius 3 is 2.75 bits per heavy atom. The zero-order valence-electron chi connectivity index (χ0n) is 11.6. The normalized spacial score (nSPS) is 10.3. The average Bonchev–Trinajstić information content (AvgIpc) is 2.39. The molecule has 2 rings (SSSR count). The van der Waals surface area contributed by atoms with E-state index >= 15 is 0 Å². The van der Waals surface area contributed by atoms with Gasteiger partial charge in [0.05, 0.1) is 12.1 Å². The number of carbonyl (C=O) groups is 1. The Morgan fingerprint density at radius 2 is 2.00 bits per heavy atom. The van der Waals surface area contributed by atoms with E-state index in [0.29, 0.717) is 11.4 Å². The minimum Gasteiger partial charge on any atom is -0.457 e. The van der Waals surface area contributed by atoms with Crippen LogP contribution in [0.15, 0.2) is 42.6 Å². The van der Waals surface area contributed by atoms with Crippen LogP contribution < -0.4 is 4.74 Å². The summed E-state index contributed by atoms with van der Waals surface area (Å²) in [5.74, 6) is 1.43. The van der Waals surface area contributed by atoms with Crippen LogP contribution in [0, 0.1) is 6.92 Å². The molecule has 1 aromatic carbocycles. The molecule has 104 valence electrons. The molecule has 0 atom stereocenters. The Hall–Kier alpha value is -2.20. The van der Waals surface area contributed by atoms with E-state index in [1.54, 1.807) is 18.3 Å². The van der Waals surface area contributed by atoms with Crippen LogP contribution in [0.4, 0.5) is 0 Å². The summed E-state index contributed by atoms with van der Waals surface area (Å²) in [4.78, 5) is 15.7. The van der Waals surface area contributed by atoms with Crippen molar-refractivity contribution in [3.05, 3.63) is 53.9 Å². The second-order valence-corrected chi connectivity index (χ2v) is 4.55. The quantitative estimate of drug-likeness (QED) is 0.810. The first kappa shape index (κ1) is 14.2. The number of hydrogen-bond acceptors (Lipinski definition) is 4. The summed E-state index contributed by atoms with van der Waals surface area (Å²) in [6, 6.07) is 11.3. The first-order valence-electron chi connectivity index (χ1n) is 6.37. The molecule has 0 saturated carbocycles. The molecule has 2 aromatic rings. The lowest BCUT2D eigenvalue weighted by molar-refractivity contribution is -0.122. The molecule has 0 bridgehead atoms. The summed E-state index contributed by atoms with van der Waals surface area (Å²) in [5, 5.41) is 0. The van der Waals surface area contributed by atoms with Gasteiger partial charge in [0.1, 0.15) is 18.1 Å². The van der Waals surface area contributed by atoms with Crippen molar-refractivity contribution in [3.63, 3.8) is 0 Å². The third-order valence-corrected chi connectivity index (χ3v) is 2.70. The Morgan fingerprint density at radius 1 is 1.20 bits per heavy atom. The van der Waals surface area contributed by atoms with Crippen LogP contribution in [0.25, 0.3) is 0 Å². The van der Waals surface area contributed by atoms with E-state index in [1.807, 2.05) is 31.2 Å². The van der Waals surface area contributed by atoms with Crippen molar-refractivity contribution in [2.75, 3.05) is 13.7 Å². The van der Waals surface area contributed by atoms with Gasteiger partial charge < -0.3 is 9.47 Å². The molecule has 0 N–H and O–H groups in total. The maximum atomic E-state index is 11.5. The number of hydrogen-bond donors (Lipinski definition) is 0. The molecule has 0 aliphatic rings. The van der Waals surface area contributed by atoms with Crippen LogP contribution in [0.1, 0.15) is 11.3 Å². The number of aromatic nitrogens is 1. The lowest BCUT2D eigenvalue weighted by Crippen LogP contribution is -2.10. The molecule has 0 saturated heterocycles. The number of ether oxygens (including phenoxy) is 2. The van der Waals surface area contributed by atoms with Crippen molar-refractivity contribution >= 4 is 5.78 Å². The summed E-state index contributed by atoms with van der Waals surface area (Å²) >= 11 is 0. The molecule has 0 aliphatic carbocycles. The molecule has 1 aromatic heterocycles. The van der Waals surface area contributed by atoms with Crippen LogP contribution in [-0.4, -0.2) is 24.5 Å². The molecule has 0 aliphatic heterocycles. The predicted molar refractivity (Wildman–Crippen MR) is 76.1 cm³/mol. The van der Waals surface area contributed by atoms with Crippen LogP contribution >= 0.6 is 0 Å². The molecule has 4 heteroatoms. The first-order chi connectivity index (χ1) is 9.67. The zero-order chi connectivity index (χ0) is 14.4. The Labute approximate surface area is 118 Å². The van der Waals surface area contributed by atoms with Crippen molar-refractivity contribution in [3.8, 4) is 11.5 Å². The van der Waals surface area contributed by atoms with Gasteiger partial charge >= 0.3 is 0 Å². The number of carbonyl (C=O) groups excluding carboxylic acids is 1. The van der Waals surface area contributed by atoms with Crippen LogP contribution in [-0.2, 0) is 16.0 Å². The van der Waals surface area contributed by atoms with Gasteiger partial charge in [-0.25, -0.2) is 0 Å². The van der Waals surface area contributed by atoms with Gasteiger partial charge in [0.15, 0.2) is 5.78 Å². The van der Waals surface area contributed by atoms with Gasteiger partial charge in [-0.3, -0.25) is 9.78 Å². The molecule has 0 unspecified atom stereocenters. The van der Waals surface area contributed by atoms with Crippen molar-refractivity contribution < 1.29 is 14.3 Å². The zero-order valence-corrected chi connectivity index (χ0v) is 11.6. The fourth-order valence-electron chi connectivity index (χ4n) is 1.85. The highest BCUT2D eigenvalue weighted by Gasteiger charge is 2.06. The Bertz CT molecular complexity index is 596. The summed E-state index contributed by atoms with van der Waals surface area (Å²) in [6.45, 7) is 2.11. The second-order valence-electron chi connectivity index (χ2n) is 4.55. The summed E-state index contributed by atoms with van der Waals surface area (Å²) in [5.41, 5.74) is 1.81. The van der Waals surface area contributed by atoms with Crippen molar-refractivity contribution in [2.24, 2.45) is 0 Å². The van der Waals surface area contributed by atoms with Crippen LogP contribution in [0.5, 0.6) is 11.5 Å². The Balaban J connectivity index is 2.08. The highest BCUT2D eigenvalue weighted by atomic mass is 16.5. The van der Waals surface area contributed by atoms with E-state index in [0.717, 1.165) is 11.3 Å². The van der Waals surface area contributed by atoms with Gasteiger partial charge in [-0.2, -0.15) is 0 Å². The van der Waals surface area contributed by atoms with Gasteiger partial charge in [0, 0.05) is 19.4 Å². The molecule has 0 fully saturated rings. The fourth-order valence-corrected chi connectivity index (χ4v) is 1.85. The third kappa shape index (κ3) is 4.17. The van der Waals surface area contributed by atoms with Crippen molar-refractivity contribution in [1.82, 2.24) is 4.98 Å². The lowest BCUT2D eigenvalue weighted by atomic mass is 10.2. The predicted octanol–water partition coefficient (Wildman–Crippen LogP) is 2.94. The van der Waals surface area contributed by atoms with Crippen molar-refractivity contribution in [2.45, 2.75) is 13.3 Å². The van der Waals surface area contributed by atoms with Crippen LogP contribution in [0.2, 0.25) is 0 Å². The molecule has 1 heterocycles.